The molecule has 130 valence electrons. The van der Waals surface area contributed by atoms with Crippen LogP contribution in [0, 0.1) is 5.82 Å². The third-order valence-electron chi connectivity index (χ3n) is 3.26. The van der Waals surface area contributed by atoms with Crippen LogP contribution in [-0.4, -0.2) is 30.8 Å². The first-order chi connectivity index (χ1) is 12.0. The molecule has 0 spiro atoms. The largest absolute Gasteiger partial charge is 0.457 e. The normalized spacial score (nSPS) is 10.2. The number of ether oxygens (including phenoxy) is 1. The summed E-state index contributed by atoms with van der Waals surface area (Å²) in [5.74, 6) is -2.30. The van der Waals surface area contributed by atoms with Crippen LogP contribution in [-0.2, 0) is 20.7 Å². The van der Waals surface area contributed by atoms with E-state index in [0.717, 1.165) is 0 Å². The van der Waals surface area contributed by atoms with Crippen molar-refractivity contribution < 1.29 is 23.5 Å². The van der Waals surface area contributed by atoms with Crippen LogP contribution in [0.3, 0.4) is 0 Å². The van der Waals surface area contributed by atoms with Crippen LogP contribution in [0.25, 0.3) is 0 Å². The molecule has 2 aromatic carbocycles. The number of nitrogens with one attached hydrogen (secondary N) is 1. The second-order valence-electron chi connectivity index (χ2n) is 5.13. The van der Waals surface area contributed by atoms with Gasteiger partial charge in [-0.1, -0.05) is 35.9 Å². The quantitative estimate of drug-likeness (QED) is 0.767. The lowest BCUT2D eigenvalue weighted by molar-refractivity contribution is -0.147. The summed E-state index contributed by atoms with van der Waals surface area (Å²) in [6, 6.07) is 12.4. The van der Waals surface area contributed by atoms with Crippen LogP contribution < -0.4 is 5.32 Å². The van der Waals surface area contributed by atoms with E-state index in [1.54, 1.807) is 30.3 Å². The van der Waals surface area contributed by atoms with Gasteiger partial charge < -0.3 is 10.1 Å². The van der Waals surface area contributed by atoms with Crippen LogP contribution in [0.15, 0.2) is 48.5 Å². The molecule has 0 atom stereocenters. The Morgan fingerprint density at radius 1 is 1.04 bits per heavy atom. The lowest BCUT2D eigenvalue weighted by atomic mass is 10.1. The van der Waals surface area contributed by atoms with Gasteiger partial charge >= 0.3 is 5.97 Å². The van der Waals surface area contributed by atoms with E-state index in [0.29, 0.717) is 5.56 Å². The molecule has 0 heterocycles. The lowest BCUT2D eigenvalue weighted by Crippen LogP contribution is -2.32. The second-order valence-corrected chi connectivity index (χ2v) is 5.53. The first-order valence-electron chi connectivity index (χ1n) is 7.41. The molecule has 0 bridgehead atoms. The van der Waals surface area contributed by atoms with Crippen LogP contribution in [0.4, 0.5) is 4.39 Å². The Morgan fingerprint density at radius 3 is 2.44 bits per heavy atom. The van der Waals surface area contributed by atoms with Gasteiger partial charge in [0.15, 0.2) is 12.4 Å². The SMILES string of the molecule is O=C(CNC(=O)c1ccccc1)COC(=O)Cc1c(F)cccc1Cl. The summed E-state index contributed by atoms with van der Waals surface area (Å²) in [5.41, 5.74) is 0.431. The van der Waals surface area contributed by atoms with Gasteiger partial charge in [-0.2, -0.15) is 0 Å². The van der Waals surface area contributed by atoms with Crippen molar-refractivity contribution in [2.75, 3.05) is 13.2 Å². The summed E-state index contributed by atoms with van der Waals surface area (Å²) in [4.78, 5) is 35.1. The Bertz CT molecular complexity index is 760. The van der Waals surface area contributed by atoms with Gasteiger partial charge in [0, 0.05) is 16.1 Å². The average molecular weight is 364 g/mol. The third-order valence-corrected chi connectivity index (χ3v) is 3.61. The standard InChI is InChI=1S/C18H15ClFNO4/c19-15-7-4-8-16(20)14(15)9-17(23)25-11-13(22)10-21-18(24)12-5-2-1-3-6-12/h1-8H,9-11H2,(H,21,24). The number of rotatable bonds is 7. The number of ketones is 1. The molecule has 0 aliphatic carbocycles. The molecule has 1 amide bonds. The topological polar surface area (TPSA) is 72.5 Å². The Morgan fingerprint density at radius 2 is 1.76 bits per heavy atom. The molecule has 0 saturated carbocycles. The number of amides is 1. The Labute approximate surface area is 148 Å². The van der Waals surface area contributed by atoms with Gasteiger partial charge in [0.25, 0.3) is 5.91 Å². The number of hydrogen-bond donors (Lipinski definition) is 1. The highest BCUT2D eigenvalue weighted by molar-refractivity contribution is 6.31. The molecule has 25 heavy (non-hydrogen) atoms. The zero-order valence-corrected chi connectivity index (χ0v) is 13.9. The van der Waals surface area contributed by atoms with Gasteiger partial charge in [-0.15, -0.1) is 0 Å². The van der Waals surface area contributed by atoms with E-state index < -0.39 is 30.1 Å². The highest BCUT2D eigenvalue weighted by Gasteiger charge is 2.15. The molecule has 0 saturated heterocycles. The summed E-state index contributed by atoms with van der Waals surface area (Å²) in [5, 5.41) is 2.54. The first kappa shape index (κ1) is 18.6. The molecule has 1 N–H and O–H groups in total. The van der Waals surface area contributed by atoms with Crippen LogP contribution in [0.5, 0.6) is 0 Å². The van der Waals surface area contributed by atoms with Gasteiger partial charge in [0.05, 0.1) is 13.0 Å². The zero-order valence-electron chi connectivity index (χ0n) is 13.1. The Hall–Kier alpha value is -2.73. The number of Topliss-reactive ketones (excluding diaryl/α,β-unsaturated/α-hetero) is 1. The van der Waals surface area contributed by atoms with E-state index in [4.69, 9.17) is 16.3 Å². The molecule has 2 rings (SSSR count). The minimum atomic E-state index is -0.783. The fraction of sp³-hybridized carbons (Fsp3) is 0.167. The number of carbonyl (C=O) groups excluding carboxylic acids is 3. The smallest absolute Gasteiger partial charge is 0.310 e. The maximum absolute atomic E-state index is 13.6. The predicted octanol–water partition coefficient (Wildman–Crippen LogP) is 2.56. The number of carbonyl (C=O) groups is 3. The molecular weight excluding hydrogens is 349 g/mol. The number of benzene rings is 2. The number of hydrogen-bond acceptors (Lipinski definition) is 4. The zero-order chi connectivity index (χ0) is 18.2. The fourth-order valence-corrected chi connectivity index (χ4v) is 2.21. The molecule has 0 unspecified atom stereocenters. The van der Waals surface area contributed by atoms with Crippen molar-refractivity contribution in [3.63, 3.8) is 0 Å². The van der Waals surface area contributed by atoms with E-state index in [1.807, 2.05) is 0 Å². The van der Waals surface area contributed by atoms with Crippen molar-refractivity contribution in [1.82, 2.24) is 5.32 Å². The van der Waals surface area contributed by atoms with Gasteiger partial charge in [-0.05, 0) is 24.3 Å². The van der Waals surface area contributed by atoms with Crippen molar-refractivity contribution in [2.45, 2.75) is 6.42 Å². The Balaban J connectivity index is 1.76. The van der Waals surface area contributed by atoms with Crippen LogP contribution in [0.1, 0.15) is 15.9 Å². The lowest BCUT2D eigenvalue weighted by Gasteiger charge is -2.07. The van der Waals surface area contributed by atoms with Crippen molar-refractivity contribution in [1.29, 1.82) is 0 Å². The highest BCUT2D eigenvalue weighted by Crippen LogP contribution is 2.19. The fourth-order valence-electron chi connectivity index (χ4n) is 1.98. The molecule has 7 heteroatoms. The summed E-state index contributed by atoms with van der Waals surface area (Å²) in [6.45, 7) is -0.790. The molecule has 0 radical (unpaired) electrons. The summed E-state index contributed by atoms with van der Waals surface area (Å²) >= 11 is 5.82. The van der Waals surface area contributed by atoms with E-state index in [-0.39, 0.29) is 23.6 Å². The summed E-state index contributed by atoms with van der Waals surface area (Å²) < 4.78 is 18.4. The van der Waals surface area contributed by atoms with Gasteiger partial charge in [-0.3, -0.25) is 14.4 Å². The second kappa shape index (κ2) is 8.94. The highest BCUT2D eigenvalue weighted by atomic mass is 35.5. The van der Waals surface area contributed by atoms with Gasteiger partial charge in [0.1, 0.15) is 5.82 Å². The van der Waals surface area contributed by atoms with E-state index >= 15 is 0 Å². The van der Waals surface area contributed by atoms with Crippen molar-refractivity contribution in [3.05, 3.63) is 70.5 Å². The van der Waals surface area contributed by atoms with Crippen LogP contribution >= 0.6 is 11.6 Å². The number of halogens is 2. The molecule has 0 aliphatic heterocycles. The molecular formula is C18H15ClFNO4. The maximum Gasteiger partial charge on any atom is 0.310 e. The third kappa shape index (κ3) is 5.69. The minimum Gasteiger partial charge on any atom is -0.457 e. The van der Waals surface area contributed by atoms with Gasteiger partial charge in [0.2, 0.25) is 0 Å². The Kier molecular flexibility index (Phi) is 6.65. The van der Waals surface area contributed by atoms with Crippen molar-refractivity contribution in [2.24, 2.45) is 0 Å². The molecule has 0 aromatic heterocycles. The molecule has 0 aliphatic rings. The minimum absolute atomic E-state index is 0.0130. The van der Waals surface area contributed by atoms with E-state index in [2.05, 4.69) is 5.32 Å². The molecule has 2 aromatic rings. The first-order valence-corrected chi connectivity index (χ1v) is 7.78. The monoisotopic (exact) mass is 363 g/mol. The van der Waals surface area contributed by atoms with E-state index in [9.17, 15) is 18.8 Å². The van der Waals surface area contributed by atoms with Crippen molar-refractivity contribution in [3.8, 4) is 0 Å². The summed E-state index contributed by atoms with van der Waals surface area (Å²) in [7, 11) is 0. The number of esters is 1. The summed E-state index contributed by atoms with van der Waals surface area (Å²) in [6.07, 6.45) is -0.380. The predicted molar refractivity (Wildman–Crippen MR) is 89.9 cm³/mol. The molecule has 5 nitrogen and oxygen atoms in total. The van der Waals surface area contributed by atoms with E-state index in [1.165, 1.54) is 18.2 Å². The van der Waals surface area contributed by atoms with Crippen molar-refractivity contribution >= 4 is 29.3 Å². The van der Waals surface area contributed by atoms with Crippen LogP contribution in [0.2, 0.25) is 5.02 Å². The molecule has 0 fully saturated rings. The maximum atomic E-state index is 13.6. The van der Waals surface area contributed by atoms with Gasteiger partial charge in [-0.25, -0.2) is 4.39 Å². The average Bonchev–Trinajstić information content (AvgIpc) is 2.62.